The largest absolute Gasteiger partial charge is 0.370 e. The Morgan fingerprint density at radius 1 is 0.960 bits per heavy atom. The standard InChI is InChI=1S/C18H17ClN4OS/c19-16-3-6-18(20-12-16)23-13-15(11-21-23)14-1-4-17(5-2-14)22-7-9-25(24)10-8-22/h1-6,11-13H,7-10H2. The molecule has 0 spiro atoms. The quantitative estimate of drug-likeness (QED) is 0.708. The lowest BCUT2D eigenvalue weighted by molar-refractivity contribution is 0.673. The highest BCUT2D eigenvalue weighted by Gasteiger charge is 2.15. The van der Waals surface area contributed by atoms with Crippen LogP contribution in [0.1, 0.15) is 0 Å². The van der Waals surface area contributed by atoms with Gasteiger partial charge in [0.1, 0.15) is 0 Å². The van der Waals surface area contributed by atoms with Crippen LogP contribution >= 0.6 is 11.6 Å². The fraction of sp³-hybridized carbons (Fsp3) is 0.222. The molecule has 0 N–H and O–H groups in total. The normalized spacial score (nSPS) is 15.5. The van der Waals surface area contributed by atoms with Crippen molar-refractivity contribution in [1.29, 1.82) is 0 Å². The number of halogens is 1. The number of nitrogens with zero attached hydrogens (tertiary/aromatic N) is 4. The van der Waals surface area contributed by atoms with Crippen LogP contribution in [0.5, 0.6) is 0 Å². The van der Waals surface area contributed by atoms with Crippen LogP contribution in [0.4, 0.5) is 5.69 Å². The monoisotopic (exact) mass is 372 g/mol. The topological polar surface area (TPSA) is 51.0 Å². The van der Waals surface area contributed by atoms with Crippen molar-refractivity contribution in [3.63, 3.8) is 0 Å². The molecule has 5 nitrogen and oxygen atoms in total. The molecule has 1 fully saturated rings. The van der Waals surface area contributed by atoms with E-state index in [0.717, 1.165) is 41.5 Å². The van der Waals surface area contributed by atoms with Gasteiger partial charge in [0, 0.05) is 59.0 Å². The van der Waals surface area contributed by atoms with Gasteiger partial charge in [0.05, 0.1) is 11.2 Å². The number of pyridine rings is 1. The van der Waals surface area contributed by atoms with Crippen molar-refractivity contribution in [1.82, 2.24) is 14.8 Å². The third-order valence-electron chi connectivity index (χ3n) is 4.27. The summed E-state index contributed by atoms with van der Waals surface area (Å²) in [5, 5.41) is 4.98. The lowest BCUT2D eigenvalue weighted by Gasteiger charge is -2.28. The number of anilines is 1. The zero-order valence-corrected chi connectivity index (χ0v) is 15.1. The summed E-state index contributed by atoms with van der Waals surface area (Å²) in [6.45, 7) is 1.71. The van der Waals surface area contributed by atoms with Crippen LogP contribution in [0, 0.1) is 0 Å². The van der Waals surface area contributed by atoms with Gasteiger partial charge in [-0.15, -0.1) is 0 Å². The first-order valence-corrected chi connectivity index (χ1v) is 9.92. The molecule has 0 amide bonds. The Morgan fingerprint density at radius 2 is 1.72 bits per heavy atom. The highest BCUT2D eigenvalue weighted by atomic mass is 35.5. The molecule has 3 heterocycles. The molecule has 0 radical (unpaired) electrons. The summed E-state index contributed by atoms with van der Waals surface area (Å²) in [4.78, 5) is 6.56. The van der Waals surface area contributed by atoms with Crippen LogP contribution in [0.3, 0.4) is 0 Å². The number of hydrogen-bond donors (Lipinski definition) is 0. The van der Waals surface area contributed by atoms with Gasteiger partial charge >= 0.3 is 0 Å². The van der Waals surface area contributed by atoms with Gasteiger partial charge in [-0.25, -0.2) is 9.67 Å². The van der Waals surface area contributed by atoms with Gasteiger partial charge < -0.3 is 4.90 Å². The summed E-state index contributed by atoms with van der Waals surface area (Å²) < 4.78 is 13.2. The SMILES string of the molecule is O=S1CCN(c2ccc(-c3cnn(-c4ccc(Cl)cn4)c3)cc2)CC1. The summed E-state index contributed by atoms with van der Waals surface area (Å²) in [6, 6.07) is 12.0. The first-order chi connectivity index (χ1) is 12.2. The molecule has 128 valence electrons. The number of aromatic nitrogens is 3. The molecule has 1 aliphatic rings. The number of benzene rings is 1. The van der Waals surface area contributed by atoms with Gasteiger partial charge in [0.15, 0.2) is 5.82 Å². The summed E-state index contributed by atoms with van der Waals surface area (Å²) >= 11 is 5.87. The molecule has 4 rings (SSSR count). The molecular formula is C18H17ClN4OS. The van der Waals surface area contributed by atoms with Crippen molar-refractivity contribution in [2.45, 2.75) is 0 Å². The molecule has 7 heteroatoms. The molecule has 0 saturated carbocycles. The Labute approximate surface area is 153 Å². The van der Waals surface area contributed by atoms with E-state index >= 15 is 0 Å². The van der Waals surface area contributed by atoms with E-state index in [4.69, 9.17) is 11.6 Å². The third-order valence-corrected chi connectivity index (χ3v) is 5.77. The van der Waals surface area contributed by atoms with Crippen LogP contribution in [0.15, 0.2) is 55.0 Å². The molecule has 3 aromatic rings. The smallest absolute Gasteiger partial charge is 0.153 e. The van der Waals surface area contributed by atoms with E-state index in [-0.39, 0.29) is 0 Å². The molecule has 0 unspecified atom stereocenters. The van der Waals surface area contributed by atoms with Crippen LogP contribution in [-0.2, 0) is 10.8 Å². The average Bonchev–Trinajstić information content (AvgIpc) is 3.13. The Balaban J connectivity index is 1.52. The Kier molecular flexibility index (Phi) is 4.55. The summed E-state index contributed by atoms with van der Waals surface area (Å²) in [5.74, 6) is 2.24. The molecular weight excluding hydrogens is 356 g/mol. The fourth-order valence-electron chi connectivity index (χ4n) is 2.86. The van der Waals surface area contributed by atoms with Gasteiger partial charge in [-0.3, -0.25) is 4.21 Å². The van der Waals surface area contributed by atoms with Crippen LogP contribution in [-0.4, -0.2) is 43.6 Å². The predicted octanol–water partition coefficient (Wildman–Crippen LogP) is 3.16. The lowest BCUT2D eigenvalue weighted by atomic mass is 10.1. The molecule has 1 saturated heterocycles. The molecule has 25 heavy (non-hydrogen) atoms. The van der Waals surface area contributed by atoms with Crippen molar-refractivity contribution in [3.8, 4) is 16.9 Å². The van der Waals surface area contributed by atoms with E-state index in [1.165, 1.54) is 5.69 Å². The van der Waals surface area contributed by atoms with Crippen LogP contribution in [0.2, 0.25) is 5.02 Å². The van der Waals surface area contributed by atoms with Crippen LogP contribution in [0.25, 0.3) is 16.9 Å². The Bertz CT molecular complexity index is 882. The lowest BCUT2D eigenvalue weighted by Crippen LogP contribution is -2.37. The second-order valence-corrected chi connectivity index (χ2v) is 8.02. The summed E-state index contributed by atoms with van der Waals surface area (Å²) in [6.07, 6.45) is 5.39. The molecule has 1 aliphatic heterocycles. The Morgan fingerprint density at radius 3 is 2.40 bits per heavy atom. The van der Waals surface area contributed by atoms with Gasteiger partial charge in [0.25, 0.3) is 0 Å². The van der Waals surface area contributed by atoms with E-state index in [2.05, 4.69) is 39.2 Å². The van der Waals surface area contributed by atoms with Gasteiger partial charge in [-0.2, -0.15) is 5.10 Å². The minimum atomic E-state index is -0.653. The summed E-state index contributed by atoms with van der Waals surface area (Å²) in [7, 11) is -0.653. The molecule has 0 aliphatic carbocycles. The number of rotatable bonds is 3. The van der Waals surface area contributed by atoms with Crippen LogP contribution < -0.4 is 4.90 Å². The first kappa shape index (κ1) is 16.3. The molecule has 0 atom stereocenters. The molecule has 2 aromatic heterocycles. The maximum absolute atomic E-state index is 11.5. The zero-order valence-electron chi connectivity index (χ0n) is 13.5. The minimum Gasteiger partial charge on any atom is -0.370 e. The van der Waals surface area contributed by atoms with E-state index in [1.54, 1.807) is 16.9 Å². The predicted molar refractivity (Wildman–Crippen MR) is 102 cm³/mol. The van der Waals surface area contributed by atoms with E-state index < -0.39 is 10.8 Å². The number of hydrogen-bond acceptors (Lipinski definition) is 4. The first-order valence-electron chi connectivity index (χ1n) is 8.06. The third kappa shape index (κ3) is 3.60. The van der Waals surface area contributed by atoms with Gasteiger partial charge in [-0.05, 0) is 29.8 Å². The second kappa shape index (κ2) is 6.98. The second-order valence-electron chi connectivity index (χ2n) is 5.89. The molecule has 1 aromatic carbocycles. The molecule has 0 bridgehead atoms. The van der Waals surface area contributed by atoms with Crippen molar-refractivity contribution >= 4 is 28.1 Å². The maximum atomic E-state index is 11.5. The minimum absolute atomic E-state index is 0.605. The van der Waals surface area contributed by atoms with Crippen molar-refractivity contribution in [3.05, 3.63) is 60.0 Å². The van der Waals surface area contributed by atoms with E-state index in [0.29, 0.717) is 5.02 Å². The van der Waals surface area contributed by atoms with Crippen molar-refractivity contribution < 1.29 is 4.21 Å². The highest BCUT2D eigenvalue weighted by molar-refractivity contribution is 7.85. The van der Waals surface area contributed by atoms with E-state index in [9.17, 15) is 4.21 Å². The summed E-state index contributed by atoms with van der Waals surface area (Å²) in [5.41, 5.74) is 3.31. The van der Waals surface area contributed by atoms with E-state index in [1.807, 2.05) is 18.5 Å². The maximum Gasteiger partial charge on any atom is 0.153 e. The zero-order chi connectivity index (χ0) is 17.2. The van der Waals surface area contributed by atoms with Crippen molar-refractivity contribution in [2.75, 3.05) is 29.5 Å². The van der Waals surface area contributed by atoms with Gasteiger partial charge in [0.2, 0.25) is 0 Å². The Hall–Kier alpha value is -2.18. The fourth-order valence-corrected chi connectivity index (χ4v) is 4.03. The average molecular weight is 373 g/mol. The van der Waals surface area contributed by atoms with Crippen molar-refractivity contribution in [2.24, 2.45) is 0 Å². The highest BCUT2D eigenvalue weighted by Crippen LogP contribution is 2.24. The van der Waals surface area contributed by atoms with Gasteiger partial charge in [-0.1, -0.05) is 23.7 Å².